The highest BCUT2D eigenvalue weighted by Crippen LogP contribution is 2.61. The van der Waals surface area contributed by atoms with Gasteiger partial charge in [0.15, 0.2) is 0 Å². The number of aliphatic hydroxyl groups is 1. The number of thioether (sulfide) groups is 1. The van der Waals surface area contributed by atoms with Crippen molar-refractivity contribution in [1.29, 1.82) is 0 Å². The van der Waals surface area contributed by atoms with Crippen LogP contribution in [0.25, 0.3) is 10.8 Å². The molecule has 4 aliphatic heterocycles. The molecule has 4 heterocycles. The topological polar surface area (TPSA) is 90.4 Å². The van der Waals surface area contributed by atoms with Gasteiger partial charge in [-0.05, 0) is 73.4 Å². The van der Waals surface area contributed by atoms with Crippen LogP contribution in [0.4, 0.5) is 11.4 Å². The minimum Gasteiger partial charge on any atom is -0.494 e. The van der Waals surface area contributed by atoms with Crippen molar-refractivity contribution in [2.45, 2.75) is 42.2 Å². The van der Waals surface area contributed by atoms with Gasteiger partial charge in [0.1, 0.15) is 11.8 Å². The van der Waals surface area contributed by atoms with Crippen molar-refractivity contribution in [3.63, 3.8) is 0 Å². The largest absolute Gasteiger partial charge is 0.494 e. The van der Waals surface area contributed by atoms with Gasteiger partial charge in [-0.25, -0.2) is 0 Å². The molecular formula is C37H39N3O5S. The van der Waals surface area contributed by atoms with Crippen molar-refractivity contribution in [3.8, 4) is 5.75 Å². The summed E-state index contributed by atoms with van der Waals surface area (Å²) in [6.07, 6.45) is 10.2. The van der Waals surface area contributed by atoms with Gasteiger partial charge in [-0.2, -0.15) is 0 Å². The third-order valence-corrected chi connectivity index (χ3v) is 11.5. The fourth-order valence-corrected chi connectivity index (χ4v) is 9.65. The van der Waals surface area contributed by atoms with Crippen LogP contribution in [0.2, 0.25) is 0 Å². The van der Waals surface area contributed by atoms with Crippen LogP contribution in [0.1, 0.15) is 26.2 Å². The van der Waals surface area contributed by atoms with Crippen molar-refractivity contribution in [1.82, 2.24) is 4.90 Å². The van der Waals surface area contributed by atoms with Gasteiger partial charge in [-0.3, -0.25) is 14.4 Å². The molecule has 0 aliphatic carbocycles. The Morgan fingerprint density at radius 1 is 0.848 bits per heavy atom. The molecule has 0 radical (unpaired) electrons. The molecule has 2 saturated heterocycles. The molecule has 46 heavy (non-hydrogen) atoms. The van der Waals surface area contributed by atoms with Gasteiger partial charge in [0, 0.05) is 42.9 Å². The van der Waals surface area contributed by atoms with E-state index in [1.165, 1.54) is 0 Å². The number of anilines is 2. The predicted octanol–water partition coefficient (Wildman–Crippen LogP) is 5.20. The number of fused-ring (bicyclic) bond motifs is 3. The summed E-state index contributed by atoms with van der Waals surface area (Å²) in [5.74, 6) is -0.912. The summed E-state index contributed by atoms with van der Waals surface area (Å²) in [7, 11) is 0. The van der Waals surface area contributed by atoms with E-state index in [2.05, 4.69) is 12.2 Å². The first kappa shape index (κ1) is 30.6. The Balaban J connectivity index is 1.26. The van der Waals surface area contributed by atoms with Gasteiger partial charge >= 0.3 is 0 Å². The molecule has 1 spiro atoms. The Kier molecular flexibility index (Phi) is 8.38. The van der Waals surface area contributed by atoms with Crippen LogP contribution >= 0.6 is 11.8 Å². The number of benzene rings is 3. The first-order valence-electron chi connectivity index (χ1n) is 16.2. The van der Waals surface area contributed by atoms with Crippen molar-refractivity contribution in [2.24, 2.45) is 11.8 Å². The van der Waals surface area contributed by atoms with Gasteiger partial charge in [0.25, 0.3) is 5.91 Å². The minimum atomic E-state index is -0.881. The molecule has 0 saturated carbocycles. The van der Waals surface area contributed by atoms with E-state index >= 15 is 0 Å². The molecule has 1 N–H and O–H groups in total. The molecule has 0 aromatic heterocycles. The highest BCUT2D eigenvalue weighted by atomic mass is 32.2. The van der Waals surface area contributed by atoms with E-state index in [9.17, 15) is 19.5 Å². The van der Waals surface area contributed by atoms with E-state index in [-0.39, 0.29) is 29.6 Å². The van der Waals surface area contributed by atoms with Gasteiger partial charge in [-0.1, -0.05) is 54.6 Å². The second-order valence-corrected chi connectivity index (χ2v) is 13.8. The van der Waals surface area contributed by atoms with Crippen LogP contribution in [-0.2, 0) is 14.4 Å². The molecule has 1 unspecified atom stereocenters. The molecule has 8 nitrogen and oxygen atoms in total. The highest BCUT2D eigenvalue weighted by Gasteiger charge is 2.71. The van der Waals surface area contributed by atoms with Crippen molar-refractivity contribution in [2.75, 3.05) is 42.6 Å². The number of ether oxygens (including phenoxy) is 1. The number of aliphatic hydroxyl groups excluding tert-OH is 1. The molecule has 2 fully saturated rings. The number of hydrogen-bond acceptors (Lipinski definition) is 6. The smallest absolute Gasteiger partial charge is 0.251 e. The highest BCUT2D eigenvalue weighted by molar-refractivity contribution is 8.02. The quantitative estimate of drug-likeness (QED) is 0.256. The molecule has 4 aliphatic rings. The summed E-state index contributed by atoms with van der Waals surface area (Å²) in [6.45, 7) is 3.76. The number of hydrogen-bond donors (Lipinski definition) is 1. The molecule has 3 aromatic carbocycles. The van der Waals surface area contributed by atoms with Crippen molar-refractivity contribution < 1.29 is 24.2 Å². The molecular weight excluding hydrogens is 598 g/mol. The van der Waals surface area contributed by atoms with Crippen molar-refractivity contribution >= 4 is 51.6 Å². The zero-order valence-electron chi connectivity index (χ0n) is 26.0. The zero-order chi connectivity index (χ0) is 31.8. The summed E-state index contributed by atoms with van der Waals surface area (Å²) < 4.78 is 4.73. The molecule has 5 atom stereocenters. The van der Waals surface area contributed by atoms with Crippen LogP contribution in [0.3, 0.4) is 0 Å². The fraction of sp³-hybridized carbons (Fsp3) is 0.378. The van der Waals surface area contributed by atoms with E-state index in [1.54, 1.807) is 26.5 Å². The summed E-state index contributed by atoms with van der Waals surface area (Å²) in [5, 5.41) is 11.3. The molecule has 7 rings (SSSR count). The van der Waals surface area contributed by atoms with Crippen LogP contribution in [0.15, 0.2) is 91.0 Å². The Labute approximate surface area is 273 Å². The Hall–Kier alpha value is -4.08. The molecule has 3 amide bonds. The lowest BCUT2D eigenvalue weighted by Gasteiger charge is -2.35. The number of amides is 3. The number of nitrogens with zero attached hydrogens (tertiary/aromatic N) is 3. The Morgan fingerprint density at radius 3 is 2.37 bits per heavy atom. The van der Waals surface area contributed by atoms with Gasteiger partial charge in [-0.15, -0.1) is 11.8 Å². The summed E-state index contributed by atoms with van der Waals surface area (Å²) in [6, 6.07) is 20.9. The maximum Gasteiger partial charge on any atom is 0.251 e. The lowest BCUT2D eigenvalue weighted by molar-refractivity contribution is -0.138. The molecule has 3 aromatic rings. The minimum absolute atomic E-state index is 0.0865. The number of carbonyl (C=O) groups excluding carboxylic acids is 3. The lowest BCUT2D eigenvalue weighted by Crippen LogP contribution is -2.53. The second-order valence-electron chi connectivity index (χ2n) is 12.3. The summed E-state index contributed by atoms with van der Waals surface area (Å²) in [5.41, 5.74) is 1.54. The third kappa shape index (κ3) is 5.10. The molecule has 238 valence electrons. The van der Waals surface area contributed by atoms with Crippen LogP contribution in [0.5, 0.6) is 5.75 Å². The summed E-state index contributed by atoms with van der Waals surface area (Å²) in [4.78, 5) is 49.2. The zero-order valence-corrected chi connectivity index (χ0v) is 26.8. The van der Waals surface area contributed by atoms with Crippen LogP contribution in [-0.4, -0.2) is 76.6 Å². The predicted molar refractivity (Wildman–Crippen MR) is 182 cm³/mol. The van der Waals surface area contributed by atoms with Gasteiger partial charge < -0.3 is 24.5 Å². The van der Waals surface area contributed by atoms with Crippen molar-refractivity contribution in [3.05, 3.63) is 91.0 Å². The van der Waals surface area contributed by atoms with E-state index < -0.39 is 22.6 Å². The SMILES string of the molecule is CCOc1ccc(N2CC=C[C@@H]3S[C@]45C=CCN(c6ccc7ccccc7c6)C(=O)C4N(CCCCCO)C(=O)[C@@H]5[C@@H]3C2=O)cc1. The standard InChI is InChI=1S/C37H39N3O5S/c1-2-45-29-17-15-27(16-18-29)38-21-8-12-30-31(34(38)42)32-35(43)40(20-6-3-7-23-41)33-36(44)39(22-9-19-37(32,33)46-30)28-14-13-25-10-4-5-11-26(25)24-28/h4-5,8-19,24,30-33,41H,2-3,6-7,20-23H2,1H3/t30-,31+,32-,33?,37-/m0/s1. The monoisotopic (exact) mass is 637 g/mol. The fourth-order valence-electron chi connectivity index (χ4n) is 7.64. The van der Waals surface area contributed by atoms with Gasteiger partial charge in [0.2, 0.25) is 11.8 Å². The average molecular weight is 638 g/mol. The second kappa shape index (κ2) is 12.6. The lowest BCUT2D eigenvalue weighted by atomic mass is 9.78. The van der Waals surface area contributed by atoms with Gasteiger partial charge in [0.05, 0.1) is 23.2 Å². The van der Waals surface area contributed by atoms with Crippen LogP contribution in [0, 0.1) is 11.8 Å². The normalized spacial score (nSPS) is 27.1. The maximum atomic E-state index is 14.8. The Morgan fingerprint density at radius 2 is 1.59 bits per heavy atom. The summed E-state index contributed by atoms with van der Waals surface area (Å²) >= 11 is 1.60. The van der Waals surface area contributed by atoms with E-state index in [0.717, 1.165) is 34.3 Å². The number of rotatable bonds is 9. The number of unbranched alkanes of at least 4 members (excludes halogenated alkanes) is 2. The van der Waals surface area contributed by atoms with E-state index in [1.807, 2.05) is 85.8 Å². The van der Waals surface area contributed by atoms with E-state index in [0.29, 0.717) is 39.1 Å². The number of carbonyl (C=O) groups is 3. The molecule has 9 heteroatoms. The maximum absolute atomic E-state index is 14.8. The average Bonchev–Trinajstić information content (AvgIpc) is 3.38. The third-order valence-electron chi connectivity index (χ3n) is 9.72. The first-order chi connectivity index (χ1) is 22.5. The molecule has 0 bridgehead atoms. The number of likely N-dealkylation sites (tertiary alicyclic amines) is 1. The van der Waals surface area contributed by atoms with E-state index in [4.69, 9.17) is 4.74 Å². The Bertz CT molecular complexity index is 1710. The van der Waals surface area contributed by atoms with Crippen LogP contribution < -0.4 is 14.5 Å². The first-order valence-corrected chi connectivity index (χ1v) is 17.1.